The fourth-order valence-corrected chi connectivity index (χ4v) is 3.08. The van der Waals surface area contributed by atoms with Gasteiger partial charge in [0.05, 0.1) is 6.20 Å². The number of rotatable bonds is 5. The number of hydrogen-bond donors (Lipinski definition) is 2. The molecule has 0 radical (unpaired) electrons. The highest BCUT2D eigenvalue weighted by molar-refractivity contribution is 7.16. The van der Waals surface area contributed by atoms with Crippen LogP contribution in [0, 0.1) is 0 Å². The number of primary amides is 1. The first-order valence-corrected chi connectivity index (χ1v) is 8.13. The summed E-state index contributed by atoms with van der Waals surface area (Å²) in [6.07, 6.45) is 1.51. The van der Waals surface area contributed by atoms with Crippen LogP contribution in [0.2, 0.25) is 0 Å². The summed E-state index contributed by atoms with van der Waals surface area (Å²) < 4.78 is 0. The van der Waals surface area contributed by atoms with E-state index in [9.17, 15) is 9.59 Å². The van der Waals surface area contributed by atoms with Gasteiger partial charge in [0.25, 0.3) is 5.91 Å². The van der Waals surface area contributed by atoms with Crippen LogP contribution in [0.1, 0.15) is 21.3 Å². The average Bonchev–Trinajstić information content (AvgIpc) is 3.11. The van der Waals surface area contributed by atoms with E-state index in [0.717, 1.165) is 10.6 Å². The number of carbonyl (C=O) groups is 2. The molecule has 6 heteroatoms. The summed E-state index contributed by atoms with van der Waals surface area (Å²) in [5, 5.41) is 3.42. The Balaban J connectivity index is 1.79. The van der Waals surface area contributed by atoms with E-state index in [0.29, 0.717) is 10.4 Å². The van der Waals surface area contributed by atoms with Crippen molar-refractivity contribution in [2.24, 2.45) is 5.73 Å². The molecule has 0 aliphatic heterocycles. The van der Waals surface area contributed by atoms with E-state index in [4.69, 9.17) is 5.73 Å². The molecule has 1 atom stereocenters. The van der Waals surface area contributed by atoms with Crippen molar-refractivity contribution < 1.29 is 9.59 Å². The Morgan fingerprint density at radius 2 is 1.62 bits per heavy atom. The summed E-state index contributed by atoms with van der Waals surface area (Å²) >= 11 is 1.27. The van der Waals surface area contributed by atoms with E-state index in [1.54, 1.807) is 24.3 Å². The van der Waals surface area contributed by atoms with Crippen molar-refractivity contribution in [3.8, 4) is 10.6 Å². The average molecular weight is 337 g/mol. The third-order valence-corrected chi connectivity index (χ3v) is 4.49. The predicted molar refractivity (Wildman–Crippen MR) is 93.4 cm³/mol. The summed E-state index contributed by atoms with van der Waals surface area (Å²) in [7, 11) is 0. The second-order valence-corrected chi connectivity index (χ2v) is 6.15. The van der Waals surface area contributed by atoms with Gasteiger partial charge in [-0.2, -0.15) is 0 Å². The Hall–Kier alpha value is -2.99. The van der Waals surface area contributed by atoms with Gasteiger partial charge < -0.3 is 11.1 Å². The van der Waals surface area contributed by atoms with Crippen molar-refractivity contribution >= 4 is 23.2 Å². The Morgan fingerprint density at radius 3 is 2.25 bits per heavy atom. The van der Waals surface area contributed by atoms with E-state index in [1.807, 2.05) is 36.4 Å². The fourth-order valence-electron chi connectivity index (χ4n) is 2.26. The number of aromatic nitrogens is 1. The third kappa shape index (κ3) is 3.49. The van der Waals surface area contributed by atoms with Crippen LogP contribution in [0.5, 0.6) is 0 Å². The van der Waals surface area contributed by atoms with Gasteiger partial charge in [0.15, 0.2) is 0 Å². The summed E-state index contributed by atoms with van der Waals surface area (Å²) in [5.41, 5.74) is 7.01. The quantitative estimate of drug-likeness (QED) is 0.751. The number of nitrogens with zero attached hydrogens (tertiary/aromatic N) is 1. The van der Waals surface area contributed by atoms with Gasteiger partial charge in [-0.1, -0.05) is 60.7 Å². The number of amides is 2. The van der Waals surface area contributed by atoms with E-state index < -0.39 is 11.9 Å². The number of nitrogens with two attached hydrogens (primary N) is 1. The van der Waals surface area contributed by atoms with Crippen LogP contribution in [0.15, 0.2) is 66.9 Å². The molecule has 0 saturated heterocycles. The topological polar surface area (TPSA) is 85.1 Å². The van der Waals surface area contributed by atoms with Crippen LogP contribution in [-0.2, 0) is 4.79 Å². The minimum Gasteiger partial charge on any atom is -0.368 e. The lowest BCUT2D eigenvalue weighted by atomic mass is 10.1. The van der Waals surface area contributed by atoms with Crippen LogP contribution in [-0.4, -0.2) is 16.8 Å². The normalized spacial score (nSPS) is 11.7. The molecule has 0 aliphatic rings. The molecule has 1 heterocycles. The molecule has 2 amide bonds. The first-order valence-electron chi connectivity index (χ1n) is 7.31. The SMILES string of the molecule is NC(=O)C(NC(=O)c1cnc(-c2ccccc2)s1)c1ccccc1. The first-order chi connectivity index (χ1) is 11.6. The molecule has 3 N–H and O–H groups in total. The predicted octanol–water partition coefficient (Wildman–Crippen LogP) is 2.77. The molecule has 0 spiro atoms. The number of carbonyl (C=O) groups excluding carboxylic acids is 2. The van der Waals surface area contributed by atoms with Crippen molar-refractivity contribution in [3.05, 3.63) is 77.3 Å². The zero-order valence-electron chi connectivity index (χ0n) is 12.7. The van der Waals surface area contributed by atoms with Crippen molar-refractivity contribution in [2.45, 2.75) is 6.04 Å². The van der Waals surface area contributed by atoms with Crippen molar-refractivity contribution in [1.82, 2.24) is 10.3 Å². The van der Waals surface area contributed by atoms with Crippen molar-refractivity contribution in [3.63, 3.8) is 0 Å². The molecule has 2 aromatic carbocycles. The highest BCUT2D eigenvalue weighted by Crippen LogP contribution is 2.25. The summed E-state index contributed by atoms with van der Waals surface area (Å²) in [6, 6.07) is 17.6. The molecular weight excluding hydrogens is 322 g/mol. The van der Waals surface area contributed by atoms with Gasteiger partial charge in [0.2, 0.25) is 5.91 Å². The van der Waals surface area contributed by atoms with Gasteiger partial charge in [-0.3, -0.25) is 9.59 Å². The molecule has 1 aromatic heterocycles. The lowest BCUT2D eigenvalue weighted by Crippen LogP contribution is -2.37. The molecule has 0 bridgehead atoms. The second-order valence-electron chi connectivity index (χ2n) is 5.12. The van der Waals surface area contributed by atoms with Gasteiger partial charge in [-0.25, -0.2) is 4.98 Å². The summed E-state index contributed by atoms with van der Waals surface area (Å²) in [6.45, 7) is 0. The third-order valence-electron chi connectivity index (χ3n) is 3.44. The van der Waals surface area contributed by atoms with E-state index >= 15 is 0 Å². The second kappa shape index (κ2) is 7.06. The van der Waals surface area contributed by atoms with Gasteiger partial charge >= 0.3 is 0 Å². The van der Waals surface area contributed by atoms with Gasteiger partial charge in [0, 0.05) is 5.56 Å². The molecule has 0 fully saturated rings. The standard InChI is InChI=1S/C18H15N3O2S/c19-16(22)15(12-7-3-1-4-8-12)21-17(23)14-11-20-18(24-14)13-9-5-2-6-10-13/h1-11,15H,(H2,19,22)(H,21,23). The molecular formula is C18H15N3O2S. The Morgan fingerprint density at radius 1 is 1.00 bits per heavy atom. The fraction of sp³-hybridized carbons (Fsp3) is 0.0556. The van der Waals surface area contributed by atoms with E-state index in [1.165, 1.54) is 17.5 Å². The smallest absolute Gasteiger partial charge is 0.263 e. The van der Waals surface area contributed by atoms with E-state index in [-0.39, 0.29) is 5.91 Å². The molecule has 0 aliphatic carbocycles. The number of benzene rings is 2. The first kappa shape index (κ1) is 15.9. The Labute approximate surface area is 143 Å². The van der Waals surface area contributed by atoms with Gasteiger partial charge in [0.1, 0.15) is 15.9 Å². The van der Waals surface area contributed by atoms with Crippen molar-refractivity contribution in [2.75, 3.05) is 0 Å². The monoisotopic (exact) mass is 337 g/mol. The van der Waals surface area contributed by atoms with Crippen LogP contribution in [0.25, 0.3) is 10.6 Å². The summed E-state index contributed by atoms with van der Waals surface area (Å²) in [5.74, 6) is -0.982. The Kier molecular flexibility index (Phi) is 4.67. The number of nitrogens with one attached hydrogen (secondary N) is 1. The van der Waals surface area contributed by atoms with Crippen LogP contribution in [0.3, 0.4) is 0 Å². The van der Waals surface area contributed by atoms with Gasteiger partial charge in [-0.05, 0) is 5.56 Å². The molecule has 24 heavy (non-hydrogen) atoms. The molecule has 0 saturated carbocycles. The zero-order chi connectivity index (χ0) is 16.9. The number of hydrogen-bond acceptors (Lipinski definition) is 4. The maximum absolute atomic E-state index is 12.4. The number of thiazole rings is 1. The lowest BCUT2D eigenvalue weighted by Gasteiger charge is -2.15. The largest absolute Gasteiger partial charge is 0.368 e. The Bertz CT molecular complexity index is 847. The molecule has 3 rings (SSSR count). The maximum atomic E-state index is 12.4. The van der Waals surface area contributed by atoms with Gasteiger partial charge in [-0.15, -0.1) is 11.3 Å². The lowest BCUT2D eigenvalue weighted by molar-refractivity contribution is -0.120. The maximum Gasteiger partial charge on any atom is 0.263 e. The minimum absolute atomic E-state index is 0.373. The van der Waals surface area contributed by atoms with Crippen LogP contribution < -0.4 is 11.1 Å². The summed E-state index contributed by atoms with van der Waals surface area (Å²) in [4.78, 5) is 28.8. The minimum atomic E-state index is -0.874. The van der Waals surface area contributed by atoms with Crippen LogP contribution in [0.4, 0.5) is 0 Å². The molecule has 120 valence electrons. The van der Waals surface area contributed by atoms with Crippen LogP contribution >= 0.6 is 11.3 Å². The highest BCUT2D eigenvalue weighted by atomic mass is 32.1. The highest BCUT2D eigenvalue weighted by Gasteiger charge is 2.22. The van der Waals surface area contributed by atoms with Crippen molar-refractivity contribution in [1.29, 1.82) is 0 Å². The molecule has 5 nitrogen and oxygen atoms in total. The molecule has 1 unspecified atom stereocenters. The molecule has 3 aromatic rings. The zero-order valence-corrected chi connectivity index (χ0v) is 13.5. The van der Waals surface area contributed by atoms with E-state index in [2.05, 4.69) is 10.3 Å².